The van der Waals surface area contributed by atoms with Crippen LogP contribution in [0.4, 0.5) is 0 Å². The van der Waals surface area contributed by atoms with E-state index in [2.05, 4.69) is 0 Å². The Labute approximate surface area is 105 Å². The summed E-state index contributed by atoms with van der Waals surface area (Å²) in [4.78, 5) is 26.1. The van der Waals surface area contributed by atoms with Gasteiger partial charge in [-0.25, -0.2) is 0 Å². The third kappa shape index (κ3) is 3.30. The van der Waals surface area contributed by atoms with E-state index in [0.29, 0.717) is 4.88 Å². The van der Waals surface area contributed by atoms with E-state index in [1.54, 1.807) is 27.0 Å². The van der Waals surface area contributed by atoms with E-state index < -0.39 is 11.5 Å². The molecule has 1 aromatic heterocycles. The predicted molar refractivity (Wildman–Crippen MR) is 67.5 cm³/mol. The molecule has 94 valence electrons. The molecule has 1 aromatic rings. The van der Waals surface area contributed by atoms with Crippen molar-refractivity contribution in [1.82, 2.24) is 4.90 Å². The number of carbonyl (C=O) groups excluding carboxylic acids is 1. The first-order valence-corrected chi connectivity index (χ1v) is 6.12. The molecule has 0 aliphatic heterocycles. The van der Waals surface area contributed by atoms with E-state index in [4.69, 9.17) is 5.11 Å². The first-order valence-electron chi connectivity index (χ1n) is 5.30. The third-order valence-electron chi connectivity index (χ3n) is 2.75. The van der Waals surface area contributed by atoms with Crippen molar-refractivity contribution in [2.24, 2.45) is 0 Å². The summed E-state index contributed by atoms with van der Waals surface area (Å²) < 4.78 is 0. The van der Waals surface area contributed by atoms with Crippen molar-refractivity contribution in [3.05, 3.63) is 21.9 Å². The Morgan fingerprint density at radius 2 is 2.00 bits per heavy atom. The Hall–Kier alpha value is -1.36. The van der Waals surface area contributed by atoms with Crippen molar-refractivity contribution in [2.45, 2.75) is 32.7 Å². The molecule has 5 heteroatoms. The number of carboxylic acid groups (broad SMARTS) is 1. The number of hydrogen-bond acceptors (Lipinski definition) is 3. The SMILES string of the molecule is Cc1ccc(C(=O)N(C)C(C)(C)CC(=O)O)s1. The fourth-order valence-electron chi connectivity index (χ4n) is 1.48. The maximum atomic E-state index is 12.1. The fourth-order valence-corrected chi connectivity index (χ4v) is 2.32. The lowest BCUT2D eigenvalue weighted by molar-refractivity contribution is -0.139. The Bertz CT molecular complexity index is 437. The molecule has 0 atom stereocenters. The Balaban J connectivity index is 2.86. The number of rotatable bonds is 4. The van der Waals surface area contributed by atoms with Gasteiger partial charge in [0.25, 0.3) is 5.91 Å². The van der Waals surface area contributed by atoms with E-state index in [0.717, 1.165) is 4.88 Å². The molecule has 0 aromatic carbocycles. The van der Waals surface area contributed by atoms with Crippen LogP contribution >= 0.6 is 11.3 Å². The van der Waals surface area contributed by atoms with Crippen LogP contribution in [0.25, 0.3) is 0 Å². The lowest BCUT2D eigenvalue weighted by Gasteiger charge is -2.34. The zero-order valence-corrected chi connectivity index (χ0v) is 11.3. The topological polar surface area (TPSA) is 57.6 Å². The minimum Gasteiger partial charge on any atom is -0.481 e. The van der Waals surface area contributed by atoms with Gasteiger partial charge in [0.05, 0.1) is 11.3 Å². The number of carbonyl (C=O) groups is 2. The minimum absolute atomic E-state index is 0.0698. The smallest absolute Gasteiger partial charge is 0.305 e. The quantitative estimate of drug-likeness (QED) is 0.898. The number of aryl methyl sites for hydroxylation is 1. The maximum Gasteiger partial charge on any atom is 0.305 e. The van der Waals surface area contributed by atoms with Gasteiger partial charge in [-0.2, -0.15) is 0 Å². The van der Waals surface area contributed by atoms with Crippen LogP contribution in [0.15, 0.2) is 12.1 Å². The van der Waals surface area contributed by atoms with Gasteiger partial charge < -0.3 is 10.0 Å². The molecule has 1 amide bonds. The maximum absolute atomic E-state index is 12.1. The molecule has 0 spiro atoms. The number of nitrogens with zero attached hydrogens (tertiary/aromatic N) is 1. The van der Waals surface area contributed by atoms with Gasteiger partial charge in [-0.1, -0.05) is 0 Å². The van der Waals surface area contributed by atoms with Crippen molar-refractivity contribution in [3.8, 4) is 0 Å². The summed E-state index contributed by atoms with van der Waals surface area (Å²) in [6.07, 6.45) is -0.0698. The van der Waals surface area contributed by atoms with Gasteiger partial charge >= 0.3 is 5.97 Å². The summed E-state index contributed by atoms with van der Waals surface area (Å²) in [7, 11) is 1.64. The fraction of sp³-hybridized carbons (Fsp3) is 0.500. The van der Waals surface area contributed by atoms with Crippen LogP contribution in [0.1, 0.15) is 34.8 Å². The zero-order valence-electron chi connectivity index (χ0n) is 10.5. The molecule has 0 bridgehead atoms. The summed E-state index contributed by atoms with van der Waals surface area (Å²) >= 11 is 1.42. The zero-order chi connectivity index (χ0) is 13.2. The number of amides is 1. The lowest BCUT2D eigenvalue weighted by atomic mass is 9.98. The standard InChI is InChI=1S/C12H17NO3S/c1-8-5-6-9(17-8)11(16)13(4)12(2,3)7-10(14)15/h5-6H,7H2,1-4H3,(H,14,15). The van der Waals surface area contributed by atoms with E-state index in [-0.39, 0.29) is 12.3 Å². The normalized spacial score (nSPS) is 11.3. The van der Waals surface area contributed by atoms with E-state index in [9.17, 15) is 9.59 Å². The van der Waals surface area contributed by atoms with Gasteiger partial charge in [-0.15, -0.1) is 11.3 Å². The van der Waals surface area contributed by atoms with Gasteiger partial charge in [-0.05, 0) is 32.9 Å². The highest BCUT2D eigenvalue weighted by Crippen LogP contribution is 2.23. The molecule has 0 radical (unpaired) electrons. The van der Waals surface area contributed by atoms with Crippen molar-refractivity contribution < 1.29 is 14.7 Å². The molecule has 1 rings (SSSR count). The van der Waals surface area contributed by atoms with Gasteiger partial charge in [-0.3, -0.25) is 9.59 Å². The second-order valence-corrected chi connectivity index (χ2v) is 5.95. The highest BCUT2D eigenvalue weighted by molar-refractivity contribution is 7.13. The second kappa shape index (κ2) is 4.87. The molecule has 0 aliphatic carbocycles. The summed E-state index contributed by atoms with van der Waals surface area (Å²) in [5.41, 5.74) is -0.694. The molecule has 1 N–H and O–H groups in total. The van der Waals surface area contributed by atoms with Crippen LogP contribution in [0.3, 0.4) is 0 Å². The highest BCUT2D eigenvalue weighted by atomic mass is 32.1. The van der Waals surface area contributed by atoms with Crippen LogP contribution in [0.5, 0.6) is 0 Å². The van der Waals surface area contributed by atoms with Crippen molar-refractivity contribution in [3.63, 3.8) is 0 Å². The summed E-state index contributed by atoms with van der Waals surface area (Å²) in [6, 6.07) is 3.66. The van der Waals surface area contributed by atoms with E-state index in [1.807, 2.05) is 13.0 Å². The third-order valence-corrected chi connectivity index (χ3v) is 3.74. The van der Waals surface area contributed by atoms with E-state index in [1.165, 1.54) is 16.2 Å². The molecule has 0 saturated heterocycles. The van der Waals surface area contributed by atoms with Crippen LogP contribution in [0.2, 0.25) is 0 Å². The van der Waals surface area contributed by atoms with Crippen molar-refractivity contribution >= 4 is 23.2 Å². The Morgan fingerprint density at radius 3 is 2.41 bits per heavy atom. The second-order valence-electron chi connectivity index (χ2n) is 4.66. The summed E-state index contributed by atoms with van der Waals surface area (Å²) in [6.45, 7) is 5.43. The Morgan fingerprint density at radius 1 is 1.41 bits per heavy atom. The summed E-state index contributed by atoms with van der Waals surface area (Å²) in [5, 5.41) is 8.82. The molecule has 17 heavy (non-hydrogen) atoms. The van der Waals surface area contributed by atoms with Crippen molar-refractivity contribution in [1.29, 1.82) is 0 Å². The molecule has 1 heterocycles. The van der Waals surface area contributed by atoms with Crippen LogP contribution in [-0.4, -0.2) is 34.5 Å². The first kappa shape index (κ1) is 13.7. The monoisotopic (exact) mass is 255 g/mol. The number of aliphatic carboxylic acids is 1. The van der Waals surface area contributed by atoms with Gasteiger partial charge in [0, 0.05) is 17.5 Å². The average Bonchev–Trinajstić information content (AvgIpc) is 2.60. The highest BCUT2D eigenvalue weighted by Gasteiger charge is 2.31. The first-order chi connectivity index (χ1) is 7.74. The molecular formula is C12H17NO3S. The van der Waals surface area contributed by atoms with Crippen LogP contribution in [-0.2, 0) is 4.79 Å². The van der Waals surface area contributed by atoms with Gasteiger partial charge in [0.15, 0.2) is 0 Å². The molecule has 0 unspecified atom stereocenters. The minimum atomic E-state index is -0.906. The lowest BCUT2D eigenvalue weighted by Crippen LogP contribution is -2.46. The Kier molecular flexibility index (Phi) is 3.93. The molecule has 0 aliphatic rings. The molecular weight excluding hydrogens is 238 g/mol. The van der Waals surface area contributed by atoms with Crippen LogP contribution < -0.4 is 0 Å². The van der Waals surface area contributed by atoms with Gasteiger partial charge in [0.1, 0.15) is 0 Å². The average molecular weight is 255 g/mol. The number of hydrogen-bond donors (Lipinski definition) is 1. The molecule has 0 fully saturated rings. The van der Waals surface area contributed by atoms with Gasteiger partial charge in [0.2, 0.25) is 0 Å². The number of carboxylic acids is 1. The van der Waals surface area contributed by atoms with Crippen molar-refractivity contribution in [2.75, 3.05) is 7.05 Å². The molecule has 4 nitrogen and oxygen atoms in total. The van der Waals surface area contributed by atoms with Crippen LogP contribution in [0, 0.1) is 6.92 Å². The van der Waals surface area contributed by atoms with E-state index >= 15 is 0 Å². The number of thiophene rings is 1. The molecule has 0 saturated carbocycles. The predicted octanol–water partition coefficient (Wildman–Crippen LogP) is 2.38. The summed E-state index contributed by atoms with van der Waals surface area (Å²) in [5.74, 6) is -1.04. The largest absolute Gasteiger partial charge is 0.481 e.